The smallest absolute Gasteiger partial charge is 0.261 e. The molecule has 0 saturated heterocycles. The quantitative estimate of drug-likeness (QED) is 0.399. The van der Waals surface area contributed by atoms with Gasteiger partial charge in [0.2, 0.25) is 0 Å². The van der Waals surface area contributed by atoms with Crippen LogP contribution < -0.4 is 5.32 Å². The second-order valence-electron chi connectivity index (χ2n) is 6.95. The van der Waals surface area contributed by atoms with Crippen LogP contribution in [0.15, 0.2) is 60.2 Å². The molecule has 0 atom stereocenters. The minimum Gasteiger partial charge on any atom is -0.351 e. The monoisotopic (exact) mass is 437 g/mol. The van der Waals surface area contributed by atoms with Crippen molar-refractivity contribution < 1.29 is 4.79 Å². The highest BCUT2D eigenvalue weighted by Crippen LogP contribution is 2.27. The number of halogens is 2. The number of hydrogen-bond donors (Lipinski definition) is 1. The lowest BCUT2D eigenvalue weighted by molar-refractivity contribution is -0.117. The first-order valence-corrected chi connectivity index (χ1v) is 10.2. The zero-order valence-corrected chi connectivity index (χ0v) is 18.3. The minimum atomic E-state index is -0.385. The molecule has 0 aliphatic rings. The third-order valence-electron chi connectivity index (χ3n) is 4.78. The van der Waals surface area contributed by atoms with E-state index in [4.69, 9.17) is 23.2 Å². The molecule has 1 heterocycles. The number of benzene rings is 2. The summed E-state index contributed by atoms with van der Waals surface area (Å²) in [5.74, 6) is -0.385. The van der Waals surface area contributed by atoms with Gasteiger partial charge < -0.3 is 9.88 Å². The molecule has 0 spiro atoms. The van der Waals surface area contributed by atoms with Crippen molar-refractivity contribution in [3.63, 3.8) is 0 Å². The first kappa shape index (κ1) is 21.7. The van der Waals surface area contributed by atoms with Gasteiger partial charge in [0, 0.05) is 33.7 Å². The van der Waals surface area contributed by atoms with Crippen LogP contribution in [0.4, 0.5) is 0 Å². The van der Waals surface area contributed by atoms with Crippen molar-refractivity contribution in [2.24, 2.45) is 0 Å². The number of nitriles is 1. The third-order valence-corrected chi connectivity index (χ3v) is 5.22. The second kappa shape index (κ2) is 9.67. The molecule has 0 saturated carbocycles. The van der Waals surface area contributed by atoms with Crippen LogP contribution in [-0.4, -0.2) is 17.0 Å². The second-order valence-corrected chi connectivity index (χ2v) is 7.82. The molecule has 1 N–H and O–H groups in total. The molecular formula is C24H21Cl2N3O. The Hall–Kier alpha value is -3.00. The molecule has 3 rings (SSSR count). The van der Waals surface area contributed by atoms with E-state index >= 15 is 0 Å². The highest BCUT2D eigenvalue weighted by molar-refractivity contribution is 6.34. The topological polar surface area (TPSA) is 57.8 Å². The van der Waals surface area contributed by atoms with Gasteiger partial charge in [0.15, 0.2) is 0 Å². The van der Waals surface area contributed by atoms with Crippen LogP contribution in [0.25, 0.3) is 11.8 Å². The van der Waals surface area contributed by atoms with Crippen LogP contribution in [0, 0.1) is 25.2 Å². The Bertz CT molecular complexity index is 1120. The predicted molar refractivity (Wildman–Crippen MR) is 122 cm³/mol. The number of carbonyl (C=O) groups excluding carboxylic acids is 1. The molecule has 152 valence electrons. The van der Waals surface area contributed by atoms with Crippen molar-refractivity contribution in [2.75, 3.05) is 6.54 Å². The van der Waals surface area contributed by atoms with E-state index in [0.717, 1.165) is 28.2 Å². The predicted octanol–water partition coefficient (Wildman–Crippen LogP) is 5.67. The molecule has 0 aliphatic carbocycles. The molecule has 2 aromatic carbocycles. The molecule has 1 aromatic heterocycles. The average Bonchev–Trinajstić information content (AvgIpc) is 2.99. The van der Waals surface area contributed by atoms with Crippen molar-refractivity contribution in [3.05, 3.63) is 92.7 Å². The lowest BCUT2D eigenvalue weighted by Crippen LogP contribution is -2.26. The van der Waals surface area contributed by atoms with E-state index in [2.05, 4.69) is 5.32 Å². The molecule has 30 heavy (non-hydrogen) atoms. The maximum atomic E-state index is 12.5. The van der Waals surface area contributed by atoms with Crippen LogP contribution in [0.3, 0.4) is 0 Å². The van der Waals surface area contributed by atoms with Crippen LogP contribution in [0.1, 0.15) is 22.5 Å². The van der Waals surface area contributed by atoms with E-state index in [1.165, 1.54) is 0 Å². The largest absolute Gasteiger partial charge is 0.351 e. The summed E-state index contributed by atoms with van der Waals surface area (Å²) >= 11 is 12.3. The van der Waals surface area contributed by atoms with Gasteiger partial charge in [-0.1, -0.05) is 53.5 Å². The zero-order chi connectivity index (χ0) is 21.7. The first-order valence-electron chi connectivity index (χ1n) is 9.48. The Morgan fingerprint density at radius 2 is 1.77 bits per heavy atom. The van der Waals surface area contributed by atoms with Crippen molar-refractivity contribution in [3.8, 4) is 11.8 Å². The molecule has 6 heteroatoms. The maximum Gasteiger partial charge on any atom is 0.261 e. The Balaban J connectivity index is 1.80. The SMILES string of the molecule is Cc1cc(/C=C(/C#N)C(=O)NCCc2ccccc2)c(C)n1-c1cc(Cl)cc(Cl)c1. The number of rotatable bonds is 6. The van der Waals surface area contributed by atoms with E-state index < -0.39 is 0 Å². The number of hydrogen-bond acceptors (Lipinski definition) is 2. The molecule has 4 nitrogen and oxygen atoms in total. The van der Waals surface area contributed by atoms with Gasteiger partial charge in [0.1, 0.15) is 11.6 Å². The van der Waals surface area contributed by atoms with E-state index in [0.29, 0.717) is 23.0 Å². The molecule has 0 bridgehead atoms. The van der Waals surface area contributed by atoms with Gasteiger partial charge in [-0.3, -0.25) is 4.79 Å². The summed E-state index contributed by atoms with van der Waals surface area (Å²) in [6.45, 7) is 4.34. The Morgan fingerprint density at radius 1 is 1.10 bits per heavy atom. The lowest BCUT2D eigenvalue weighted by Gasteiger charge is -2.11. The highest BCUT2D eigenvalue weighted by Gasteiger charge is 2.14. The molecule has 0 fully saturated rings. The van der Waals surface area contributed by atoms with Gasteiger partial charge in [0.05, 0.1) is 0 Å². The summed E-state index contributed by atoms with van der Waals surface area (Å²) in [4.78, 5) is 12.5. The molecular weight excluding hydrogens is 417 g/mol. The van der Waals surface area contributed by atoms with Gasteiger partial charge in [-0.05, 0) is 61.7 Å². The Kier molecular flexibility index (Phi) is 6.99. The molecule has 1 amide bonds. The van der Waals surface area contributed by atoms with E-state index in [1.807, 2.05) is 73.0 Å². The fourth-order valence-corrected chi connectivity index (χ4v) is 3.88. The standard InChI is InChI=1S/C24H21Cl2N3O/c1-16-10-19(17(2)29(16)23-13-21(25)12-22(26)14-23)11-20(15-27)24(30)28-9-8-18-6-4-3-5-7-18/h3-7,10-14H,8-9H2,1-2H3,(H,28,30)/b20-11-. The summed E-state index contributed by atoms with van der Waals surface area (Å²) in [5.41, 5.74) is 4.64. The summed E-state index contributed by atoms with van der Waals surface area (Å²) in [5, 5.41) is 13.4. The van der Waals surface area contributed by atoms with E-state index in [1.54, 1.807) is 12.1 Å². The Morgan fingerprint density at radius 3 is 2.40 bits per heavy atom. The van der Waals surface area contributed by atoms with Gasteiger partial charge in [-0.15, -0.1) is 0 Å². The summed E-state index contributed by atoms with van der Waals surface area (Å²) in [6.07, 6.45) is 2.32. The van der Waals surface area contributed by atoms with Crippen molar-refractivity contribution in [1.82, 2.24) is 9.88 Å². The molecule has 0 radical (unpaired) electrons. The zero-order valence-electron chi connectivity index (χ0n) is 16.7. The molecule has 0 unspecified atom stereocenters. The number of nitrogens with one attached hydrogen (secondary N) is 1. The molecule has 0 aliphatic heterocycles. The average molecular weight is 438 g/mol. The first-order chi connectivity index (χ1) is 14.4. The minimum absolute atomic E-state index is 0.0624. The van der Waals surface area contributed by atoms with Gasteiger partial charge >= 0.3 is 0 Å². The number of aromatic nitrogens is 1. The number of nitrogens with zero attached hydrogens (tertiary/aromatic N) is 2. The van der Waals surface area contributed by atoms with Crippen LogP contribution in [-0.2, 0) is 11.2 Å². The van der Waals surface area contributed by atoms with E-state index in [9.17, 15) is 10.1 Å². The third kappa shape index (κ3) is 5.13. The summed E-state index contributed by atoms with van der Waals surface area (Å²) in [7, 11) is 0. The number of amides is 1. The van der Waals surface area contributed by atoms with Crippen LogP contribution >= 0.6 is 23.2 Å². The number of carbonyl (C=O) groups is 1. The van der Waals surface area contributed by atoms with Gasteiger partial charge in [-0.25, -0.2) is 0 Å². The van der Waals surface area contributed by atoms with Crippen molar-refractivity contribution in [2.45, 2.75) is 20.3 Å². The van der Waals surface area contributed by atoms with Crippen LogP contribution in [0.5, 0.6) is 0 Å². The Labute approximate surface area is 186 Å². The fourth-order valence-electron chi connectivity index (χ4n) is 3.36. The highest BCUT2D eigenvalue weighted by atomic mass is 35.5. The van der Waals surface area contributed by atoms with Crippen LogP contribution in [0.2, 0.25) is 10.0 Å². The summed E-state index contributed by atoms with van der Waals surface area (Å²) in [6, 6.07) is 19.1. The van der Waals surface area contributed by atoms with Crippen molar-refractivity contribution >= 4 is 35.2 Å². The maximum absolute atomic E-state index is 12.5. The number of aryl methyl sites for hydroxylation is 1. The van der Waals surface area contributed by atoms with Crippen molar-refractivity contribution in [1.29, 1.82) is 5.26 Å². The van der Waals surface area contributed by atoms with Gasteiger partial charge in [0.25, 0.3) is 5.91 Å². The van der Waals surface area contributed by atoms with Gasteiger partial charge in [-0.2, -0.15) is 5.26 Å². The molecule has 3 aromatic rings. The lowest BCUT2D eigenvalue weighted by atomic mass is 10.1. The summed E-state index contributed by atoms with van der Waals surface area (Å²) < 4.78 is 1.99. The fraction of sp³-hybridized carbons (Fsp3) is 0.167. The normalized spacial score (nSPS) is 11.2. The van der Waals surface area contributed by atoms with E-state index in [-0.39, 0.29) is 11.5 Å².